The molecule has 9 heavy (non-hydrogen) atoms. The molecule has 2 N–H and O–H groups in total. The third kappa shape index (κ3) is 3.36. The molecule has 0 atom stereocenters. The quantitative estimate of drug-likeness (QED) is 0.421. The molecule has 0 spiro atoms. The zero-order valence-corrected chi connectivity index (χ0v) is 5.68. The first kappa shape index (κ1) is 7.77. The fourth-order valence-corrected chi connectivity index (χ4v) is 0.425. The van der Waals surface area contributed by atoms with E-state index >= 15 is 0 Å². The van der Waals surface area contributed by atoms with Gasteiger partial charge in [0.2, 0.25) is 0 Å². The van der Waals surface area contributed by atoms with Gasteiger partial charge in [-0.05, 0) is 19.9 Å². The number of nitriles is 1. The summed E-state index contributed by atoms with van der Waals surface area (Å²) >= 11 is 0. The molecule has 0 saturated carbocycles. The van der Waals surface area contributed by atoms with Gasteiger partial charge in [0, 0.05) is 11.3 Å². The van der Waals surface area contributed by atoms with E-state index in [2.05, 4.69) is 0 Å². The zero-order valence-electron chi connectivity index (χ0n) is 5.68. The molecule has 0 heterocycles. The van der Waals surface area contributed by atoms with Gasteiger partial charge < -0.3 is 5.73 Å². The van der Waals surface area contributed by atoms with Crippen molar-refractivity contribution in [1.82, 2.24) is 0 Å². The number of allylic oxidation sites excluding steroid dienone is 4. The minimum atomic E-state index is 0.606. The highest BCUT2D eigenvalue weighted by Gasteiger charge is 1.84. The van der Waals surface area contributed by atoms with Gasteiger partial charge in [-0.15, -0.1) is 0 Å². The maximum Gasteiger partial charge on any atom is 0.0988 e. The smallest absolute Gasteiger partial charge is 0.0988 e. The molecule has 0 aliphatic rings. The summed E-state index contributed by atoms with van der Waals surface area (Å²) in [6.07, 6.45) is 3.36. The summed E-state index contributed by atoms with van der Waals surface area (Å²) in [6, 6.07) is 1.99. The Labute approximate surface area is 55.3 Å². The van der Waals surface area contributed by atoms with E-state index < -0.39 is 0 Å². The molecule has 2 nitrogen and oxygen atoms in total. The van der Waals surface area contributed by atoms with Crippen LogP contribution in [0.5, 0.6) is 0 Å². The second-order valence-electron chi connectivity index (χ2n) is 1.74. The Hall–Kier alpha value is -1.23. The third-order valence-corrected chi connectivity index (χ3v) is 0.823. The normalized spacial score (nSPS) is 13.0. The molecule has 0 saturated heterocycles. The molecular weight excluding hydrogens is 112 g/mol. The van der Waals surface area contributed by atoms with E-state index in [1.54, 1.807) is 26.0 Å². The first-order valence-electron chi connectivity index (χ1n) is 2.71. The van der Waals surface area contributed by atoms with Gasteiger partial charge in [0.1, 0.15) is 0 Å². The molecule has 0 aliphatic carbocycles. The summed E-state index contributed by atoms with van der Waals surface area (Å²) in [5, 5.41) is 8.36. The van der Waals surface area contributed by atoms with Gasteiger partial charge in [0.15, 0.2) is 0 Å². The topological polar surface area (TPSA) is 49.8 Å². The minimum absolute atomic E-state index is 0.606. The lowest BCUT2D eigenvalue weighted by atomic mass is 10.2. The van der Waals surface area contributed by atoms with E-state index in [0.717, 1.165) is 0 Å². The summed E-state index contributed by atoms with van der Waals surface area (Å²) in [4.78, 5) is 0. The fraction of sp³-hybridized carbons (Fsp3) is 0.286. The van der Waals surface area contributed by atoms with Crippen molar-refractivity contribution in [3.05, 3.63) is 23.4 Å². The van der Waals surface area contributed by atoms with Crippen molar-refractivity contribution in [3.63, 3.8) is 0 Å². The lowest BCUT2D eigenvalue weighted by Gasteiger charge is -1.86. The van der Waals surface area contributed by atoms with Crippen LogP contribution in [0.15, 0.2) is 23.4 Å². The molecule has 0 amide bonds. The molecule has 0 fully saturated rings. The highest BCUT2D eigenvalue weighted by Crippen LogP contribution is 1.95. The predicted octanol–water partition coefficient (Wildman–Crippen LogP) is 1.32. The molecule has 0 aliphatic heterocycles. The summed E-state index contributed by atoms with van der Waals surface area (Å²) in [7, 11) is 0. The molecule has 0 unspecified atom stereocenters. The van der Waals surface area contributed by atoms with Crippen LogP contribution in [0.2, 0.25) is 0 Å². The van der Waals surface area contributed by atoms with Gasteiger partial charge in [-0.2, -0.15) is 5.26 Å². The molecule has 0 rings (SSSR count). The van der Waals surface area contributed by atoms with Crippen LogP contribution >= 0.6 is 0 Å². The van der Waals surface area contributed by atoms with Gasteiger partial charge in [-0.3, -0.25) is 0 Å². The van der Waals surface area contributed by atoms with E-state index in [0.29, 0.717) is 11.3 Å². The summed E-state index contributed by atoms with van der Waals surface area (Å²) < 4.78 is 0. The summed E-state index contributed by atoms with van der Waals surface area (Å²) in [5.41, 5.74) is 6.58. The maximum absolute atomic E-state index is 8.36. The average molecular weight is 122 g/mol. The molecule has 0 radical (unpaired) electrons. The van der Waals surface area contributed by atoms with Crippen molar-refractivity contribution in [1.29, 1.82) is 5.26 Å². The van der Waals surface area contributed by atoms with Crippen molar-refractivity contribution in [2.45, 2.75) is 13.8 Å². The lowest BCUT2D eigenvalue weighted by molar-refractivity contribution is 1.30. The Bertz CT molecular complexity index is 178. The van der Waals surface area contributed by atoms with Gasteiger partial charge in [-0.1, -0.05) is 6.08 Å². The Balaban J connectivity index is 4.24. The van der Waals surface area contributed by atoms with Gasteiger partial charge in [0.25, 0.3) is 0 Å². The van der Waals surface area contributed by atoms with E-state index in [-0.39, 0.29) is 0 Å². The Morgan fingerprint density at radius 3 is 2.33 bits per heavy atom. The Morgan fingerprint density at radius 1 is 1.67 bits per heavy atom. The molecule has 0 bridgehead atoms. The van der Waals surface area contributed by atoms with Crippen LogP contribution in [0, 0.1) is 11.3 Å². The minimum Gasteiger partial charge on any atom is -0.402 e. The highest BCUT2D eigenvalue weighted by atomic mass is 14.5. The van der Waals surface area contributed by atoms with Crippen molar-refractivity contribution in [2.75, 3.05) is 0 Å². The van der Waals surface area contributed by atoms with Gasteiger partial charge in [-0.25, -0.2) is 0 Å². The number of nitrogens with two attached hydrogens (primary N) is 1. The Kier molecular flexibility index (Phi) is 3.22. The van der Waals surface area contributed by atoms with Crippen LogP contribution < -0.4 is 5.73 Å². The average Bonchev–Trinajstić information content (AvgIpc) is 1.82. The van der Waals surface area contributed by atoms with E-state index in [4.69, 9.17) is 11.0 Å². The van der Waals surface area contributed by atoms with Crippen LogP contribution in [-0.2, 0) is 0 Å². The van der Waals surface area contributed by atoms with Crippen molar-refractivity contribution in [2.24, 2.45) is 5.73 Å². The SMILES string of the molecule is C/C=C(C#N)\C=C(/C)N. The Morgan fingerprint density at radius 2 is 2.22 bits per heavy atom. The van der Waals surface area contributed by atoms with Gasteiger partial charge >= 0.3 is 0 Å². The lowest BCUT2D eigenvalue weighted by Crippen LogP contribution is -1.90. The summed E-state index contributed by atoms with van der Waals surface area (Å²) in [5.74, 6) is 0. The van der Waals surface area contributed by atoms with Crippen molar-refractivity contribution < 1.29 is 0 Å². The molecule has 0 aromatic rings. The molecule has 48 valence electrons. The molecule has 0 aromatic heterocycles. The standard InChI is InChI=1S/C7H10N2/c1-3-7(5-8)4-6(2)9/h3-4H,9H2,1-2H3/b6-4+,7-3+. The van der Waals surface area contributed by atoms with E-state index in [1.165, 1.54) is 0 Å². The second kappa shape index (κ2) is 3.73. The first-order valence-corrected chi connectivity index (χ1v) is 2.71. The molecular formula is C7H10N2. The second-order valence-corrected chi connectivity index (χ2v) is 1.74. The fourth-order valence-electron chi connectivity index (χ4n) is 0.425. The van der Waals surface area contributed by atoms with Crippen molar-refractivity contribution >= 4 is 0 Å². The molecule has 0 aromatic carbocycles. The van der Waals surface area contributed by atoms with E-state index in [1.807, 2.05) is 6.07 Å². The van der Waals surface area contributed by atoms with Crippen molar-refractivity contribution in [3.8, 4) is 6.07 Å². The third-order valence-electron chi connectivity index (χ3n) is 0.823. The van der Waals surface area contributed by atoms with Crippen LogP contribution in [-0.4, -0.2) is 0 Å². The van der Waals surface area contributed by atoms with E-state index in [9.17, 15) is 0 Å². The largest absolute Gasteiger partial charge is 0.402 e. The number of nitrogens with zero attached hydrogens (tertiary/aromatic N) is 1. The van der Waals surface area contributed by atoms with Crippen LogP contribution in [0.3, 0.4) is 0 Å². The van der Waals surface area contributed by atoms with Crippen LogP contribution in [0.25, 0.3) is 0 Å². The predicted molar refractivity (Wildman–Crippen MR) is 37.3 cm³/mol. The summed E-state index contributed by atoms with van der Waals surface area (Å²) in [6.45, 7) is 3.55. The first-order chi connectivity index (χ1) is 4.20. The van der Waals surface area contributed by atoms with Gasteiger partial charge in [0.05, 0.1) is 6.07 Å². The zero-order chi connectivity index (χ0) is 7.28. The number of rotatable bonds is 1. The number of hydrogen-bond acceptors (Lipinski definition) is 2. The monoisotopic (exact) mass is 122 g/mol. The highest BCUT2D eigenvalue weighted by molar-refractivity contribution is 5.33. The van der Waals surface area contributed by atoms with Crippen LogP contribution in [0.1, 0.15) is 13.8 Å². The maximum atomic E-state index is 8.36. The van der Waals surface area contributed by atoms with Crippen LogP contribution in [0.4, 0.5) is 0 Å². The molecule has 2 heteroatoms. The number of hydrogen-bond donors (Lipinski definition) is 1.